The molecule has 0 saturated carbocycles. The van der Waals surface area contributed by atoms with Crippen LogP contribution in [0.1, 0.15) is 36.7 Å². The van der Waals surface area contributed by atoms with Gasteiger partial charge in [0.25, 0.3) is 0 Å². The van der Waals surface area contributed by atoms with Gasteiger partial charge in [0.2, 0.25) is 0 Å². The average molecular weight is 391 g/mol. The maximum absolute atomic E-state index is 14.8. The summed E-state index contributed by atoms with van der Waals surface area (Å²) in [6.07, 6.45) is 3.32. The molecular formula is C20H18FN7O. The van der Waals surface area contributed by atoms with Gasteiger partial charge in [0.15, 0.2) is 5.65 Å². The largest absolute Gasteiger partial charge is 0.350 e. The molecule has 29 heavy (non-hydrogen) atoms. The minimum absolute atomic E-state index is 0.307. The predicted octanol–water partition coefficient (Wildman–Crippen LogP) is 2.96. The van der Waals surface area contributed by atoms with Gasteiger partial charge in [0, 0.05) is 23.6 Å². The van der Waals surface area contributed by atoms with E-state index in [0.717, 1.165) is 11.1 Å². The summed E-state index contributed by atoms with van der Waals surface area (Å²) in [6.45, 7) is 3.59. The van der Waals surface area contributed by atoms with Gasteiger partial charge >= 0.3 is 6.03 Å². The van der Waals surface area contributed by atoms with Crippen LogP contribution in [0.3, 0.4) is 0 Å². The molecule has 0 aliphatic rings. The number of pyridine rings is 1. The highest BCUT2D eigenvalue weighted by Crippen LogP contribution is 2.29. The molecule has 0 radical (unpaired) electrons. The highest BCUT2D eigenvalue weighted by molar-refractivity contribution is 5.97. The number of fused-ring (bicyclic) bond motifs is 2. The molecular weight excluding hydrogens is 373 g/mol. The van der Waals surface area contributed by atoms with Crippen LogP contribution in [0, 0.1) is 5.82 Å². The lowest BCUT2D eigenvalue weighted by Gasteiger charge is -2.14. The van der Waals surface area contributed by atoms with Crippen LogP contribution in [0.4, 0.5) is 9.18 Å². The number of nitrogens with zero attached hydrogens (tertiary/aromatic N) is 5. The Balaban J connectivity index is 1.77. The SMILES string of the molecule is C/C(=N\NC(N)=O)c1ccc2ncc(C(C)c3cc4cccnc4cc3F)n2n1. The maximum atomic E-state index is 14.8. The van der Waals surface area contributed by atoms with Gasteiger partial charge in [-0.25, -0.2) is 24.1 Å². The van der Waals surface area contributed by atoms with E-state index in [9.17, 15) is 9.18 Å². The lowest BCUT2D eigenvalue weighted by Crippen LogP contribution is -2.25. The molecule has 0 fully saturated rings. The zero-order valence-electron chi connectivity index (χ0n) is 15.8. The van der Waals surface area contributed by atoms with E-state index < -0.39 is 6.03 Å². The first-order valence-corrected chi connectivity index (χ1v) is 8.93. The number of nitrogens with two attached hydrogens (primary N) is 1. The molecule has 3 heterocycles. The number of aromatic nitrogens is 4. The smallest absolute Gasteiger partial charge is 0.332 e. The van der Waals surface area contributed by atoms with Crippen molar-refractivity contribution >= 4 is 28.3 Å². The number of primary amides is 1. The van der Waals surface area contributed by atoms with Crippen LogP contribution in [-0.4, -0.2) is 31.3 Å². The van der Waals surface area contributed by atoms with E-state index in [2.05, 4.69) is 25.6 Å². The summed E-state index contributed by atoms with van der Waals surface area (Å²) in [5, 5.41) is 9.30. The first-order valence-electron chi connectivity index (χ1n) is 8.93. The summed E-state index contributed by atoms with van der Waals surface area (Å²) in [5.41, 5.74) is 10.7. The molecule has 1 aromatic carbocycles. The van der Waals surface area contributed by atoms with Crippen molar-refractivity contribution in [3.63, 3.8) is 0 Å². The van der Waals surface area contributed by atoms with Crippen LogP contribution in [0.15, 0.2) is 53.9 Å². The number of benzene rings is 1. The van der Waals surface area contributed by atoms with Gasteiger partial charge in [-0.3, -0.25) is 4.98 Å². The standard InChI is InChI=1S/C20H18FN7O/c1-11(14-8-13-4-3-7-23-17(13)9-15(14)21)18-10-24-19-6-5-16(27-28(18)19)12(2)25-26-20(22)29/h3-11H,1-2H3,(H3,22,26,29)/b25-12+. The van der Waals surface area contributed by atoms with E-state index in [1.165, 1.54) is 6.07 Å². The zero-order valence-corrected chi connectivity index (χ0v) is 15.8. The van der Waals surface area contributed by atoms with Crippen LogP contribution in [-0.2, 0) is 0 Å². The number of imidazole rings is 1. The second-order valence-electron chi connectivity index (χ2n) is 6.64. The second kappa shape index (κ2) is 7.27. The van der Waals surface area contributed by atoms with Gasteiger partial charge in [0.05, 0.1) is 23.1 Å². The van der Waals surface area contributed by atoms with E-state index in [4.69, 9.17) is 5.73 Å². The van der Waals surface area contributed by atoms with Crippen LogP contribution in [0.2, 0.25) is 0 Å². The molecule has 0 aliphatic carbocycles. The van der Waals surface area contributed by atoms with Gasteiger partial charge in [-0.1, -0.05) is 13.0 Å². The zero-order chi connectivity index (χ0) is 20.5. The maximum Gasteiger partial charge on any atom is 0.332 e. The van der Waals surface area contributed by atoms with E-state index in [1.54, 1.807) is 42.0 Å². The molecule has 3 N–H and O–H groups in total. The normalized spacial score (nSPS) is 13.0. The molecule has 1 atom stereocenters. The first kappa shape index (κ1) is 18.5. The van der Waals surface area contributed by atoms with Crippen LogP contribution < -0.4 is 11.2 Å². The highest BCUT2D eigenvalue weighted by atomic mass is 19.1. The number of amides is 2. The predicted molar refractivity (Wildman–Crippen MR) is 107 cm³/mol. The Morgan fingerprint density at radius 1 is 1.28 bits per heavy atom. The van der Waals surface area contributed by atoms with E-state index in [-0.39, 0.29) is 11.7 Å². The molecule has 9 heteroatoms. The lowest BCUT2D eigenvalue weighted by atomic mass is 9.96. The van der Waals surface area contributed by atoms with Gasteiger partial charge < -0.3 is 5.73 Å². The first-order chi connectivity index (χ1) is 13.9. The monoisotopic (exact) mass is 391 g/mol. The molecule has 4 rings (SSSR count). The summed E-state index contributed by atoms with van der Waals surface area (Å²) in [6, 6.07) is 9.71. The molecule has 8 nitrogen and oxygen atoms in total. The number of carbonyl (C=O) groups excluding carboxylic acids is 1. The molecule has 1 unspecified atom stereocenters. The summed E-state index contributed by atoms with van der Waals surface area (Å²) < 4.78 is 16.4. The summed E-state index contributed by atoms with van der Waals surface area (Å²) >= 11 is 0. The second-order valence-corrected chi connectivity index (χ2v) is 6.64. The highest BCUT2D eigenvalue weighted by Gasteiger charge is 2.19. The van der Waals surface area contributed by atoms with Crippen molar-refractivity contribution in [3.05, 3.63) is 71.6 Å². The van der Waals surface area contributed by atoms with Crippen molar-refractivity contribution in [1.82, 2.24) is 25.0 Å². The Morgan fingerprint density at radius 2 is 2.10 bits per heavy atom. The van der Waals surface area contributed by atoms with Crippen molar-refractivity contribution in [3.8, 4) is 0 Å². The van der Waals surface area contributed by atoms with Crippen molar-refractivity contribution in [2.45, 2.75) is 19.8 Å². The number of hydrogen-bond donors (Lipinski definition) is 2. The number of urea groups is 1. The third-order valence-corrected chi connectivity index (χ3v) is 4.72. The Morgan fingerprint density at radius 3 is 2.90 bits per heavy atom. The third-order valence-electron chi connectivity index (χ3n) is 4.72. The molecule has 146 valence electrons. The van der Waals surface area contributed by atoms with Gasteiger partial charge in [-0.2, -0.15) is 10.2 Å². The van der Waals surface area contributed by atoms with Crippen molar-refractivity contribution in [2.75, 3.05) is 0 Å². The van der Waals surface area contributed by atoms with E-state index in [0.29, 0.717) is 28.1 Å². The Hall–Kier alpha value is -3.88. The molecule has 0 saturated heterocycles. The summed E-state index contributed by atoms with van der Waals surface area (Å²) in [7, 11) is 0. The number of carbonyl (C=O) groups is 1. The van der Waals surface area contributed by atoms with Gasteiger partial charge in [0.1, 0.15) is 11.5 Å². The Labute approximate surface area is 165 Å². The van der Waals surface area contributed by atoms with E-state index in [1.807, 2.05) is 19.1 Å². The minimum Gasteiger partial charge on any atom is -0.350 e. The fourth-order valence-corrected chi connectivity index (χ4v) is 3.18. The number of rotatable bonds is 4. The number of halogens is 1. The quantitative estimate of drug-likeness (QED) is 0.411. The fraction of sp³-hybridized carbons (Fsp3) is 0.150. The van der Waals surface area contributed by atoms with Crippen molar-refractivity contribution < 1.29 is 9.18 Å². The molecule has 0 aliphatic heterocycles. The van der Waals surface area contributed by atoms with Crippen LogP contribution in [0.25, 0.3) is 16.6 Å². The summed E-state index contributed by atoms with van der Waals surface area (Å²) in [4.78, 5) is 19.4. The van der Waals surface area contributed by atoms with Crippen molar-refractivity contribution in [1.29, 1.82) is 0 Å². The lowest BCUT2D eigenvalue weighted by molar-refractivity contribution is 0.249. The average Bonchev–Trinajstić information content (AvgIpc) is 3.14. The summed E-state index contributed by atoms with van der Waals surface area (Å²) in [5.74, 6) is -0.642. The van der Waals surface area contributed by atoms with E-state index >= 15 is 0 Å². The Kier molecular flexibility index (Phi) is 4.63. The number of hydrazone groups is 1. The molecule has 3 aromatic heterocycles. The van der Waals surface area contributed by atoms with Gasteiger partial charge in [-0.15, -0.1) is 0 Å². The molecule has 0 spiro atoms. The minimum atomic E-state index is -0.761. The molecule has 2 amide bonds. The van der Waals surface area contributed by atoms with Crippen LogP contribution >= 0.6 is 0 Å². The number of nitrogens with one attached hydrogen (secondary N) is 1. The van der Waals surface area contributed by atoms with Gasteiger partial charge in [-0.05, 0) is 36.8 Å². The Bertz CT molecular complexity index is 1260. The fourth-order valence-electron chi connectivity index (χ4n) is 3.18. The topological polar surface area (TPSA) is 111 Å². The molecule has 0 bridgehead atoms. The van der Waals surface area contributed by atoms with Crippen LogP contribution in [0.5, 0.6) is 0 Å². The molecule has 4 aromatic rings. The third kappa shape index (κ3) is 3.49. The van der Waals surface area contributed by atoms with Crippen molar-refractivity contribution in [2.24, 2.45) is 10.8 Å². The number of hydrogen-bond acceptors (Lipinski definition) is 5.